The van der Waals surface area contributed by atoms with Crippen molar-refractivity contribution in [3.63, 3.8) is 0 Å². The third kappa shape index (κ3) is 4.04. The first-order valence-electron chi connectivity index (χ1n) is 5.67. The minimum atomic E-state index is -1.02. The first kappa shape index (κ1) is 16.4. The Kier molecular flexibility index (Phi) is 5.39. The van der Waals surface area contributed by atoms with Gasteiger partial charge in [0.2, 0.25) is 0 Å². The lowest BCUT2D eigenvalue weighted by atomic mass is 10.2. The number of halogens is 3. The Morgan fingerprint density at radius 2 is 1.81 bits per heavy atom. The average Bonchev–Trinajstić information content (AvgIpc) is 2.43. The number of carboxylic acid groups (broad SMARTS) is 1. The largest absolute Gasteiger partial charge is 0.478 e. The molecule has 0 aliphatic heterocycles. The van der Waals surface area contributed by atoms with E-state index in [-0.39, 0.29) is 11.5 Å². The second-order valence-corrected chi connectivity index (χ2v) is 7.01. The smallest absolute Gasteiger partial charge is 0.335 e. The van der Waals surface area contributed by atoms with Crippen molar-refractivity contribution < 1.29 is 14.7 Å². The molecular weight excluding hydrogens is 517 g/mol. The molecule has 0 aliphatic rings. The molecule has 0 saturated carbocycles. The van der Waals surface area contributed by atoms with Crippen LogP contribution >= 0.6 is 54.5 Å². The van der Waals surface area contributed by atoms with Crippen LogP contribution in [0.25, 0.3) is 0 Å². The minimum absolute atomic E-state index is 0.150. The molecule has 0 spiro atoms. The second kappa shape index (κ2) is 6.89. The number of anilines is 1. The lowest BCUT2D eigenvalue weighted by molar-refractivity contribution is 0.0696. The lowest BCUT2D eigenvalue weighted by Crippen LogP contribution is -2.14. The molecule has 0 aromatic heterocycles. The Labute approximate surface area is 151 Å². The van der Waals surface area contributed by atoms with Gasteiger partial charge in [0.05, 0.1) is 16.8 Å². The third-order valence-corrected chi connectivity index (χ3v) is 4.73. The van der Waals surface area contributed by atoms with Crippen LogP contribution < -0.4 is 5.32 Å². The molecule has 0 unspecified atom stereocenters. The summed E-state index contributed by atoms with van der Waals surface area (Å²) in [5.41, 5.74) is 1.21. The van der Waals surface area contributed by atoms with E-state index in [9.17, 15) is 9.59 Å². The van der Waals surface area contributed by atoms with Crippen LogP contribution in [0.4, 0.5) is 5.69 Å². The van der Waals surface area contributed by atoms with Crippen LogP contribution in [0.1, 0.15) is 20.7 Å². The van der Waals surface area contributed by atoms with E-state index in [1.54, 1.807) is 12.1 Å². The predicted octanol–water partition coefficient (Wildman–Crippen LogP) is 4.77. The van der Waals surface area contributed by atoms with Crippen molar-refractivity contribution in [3.05, 3.63) is 60.0 Å². The quantitative estimate of drug-likeness (QED) is 0.569. The molecule has 1 amide bonds. The van der Waals surface area contributed by atoms with Gasteiger partial charge in [0, 0.05) is 12.5 Å². The highest BCUT2D eigenvalue weighted by Crippen LogP contribution is 2.25. The molecule has 0 radical (unpaired) electrons. The zero-order valence-corrected chi connectivity index (χ0v) is 15.7. The van der Waals surface area contributed by atoms with E-state index in [1.165, 1.54) is 12.1 Å². The average molecular weight is 525 g/mol. The number of carbonyl (C=O) groups excluding carboxylic acids is 1. The van der Waals surface area contributed by atoms with Gasteiger partial charge in [-0.15, -0.1) is 0 Å². The molecule has 2 aromatic carbocycles. The van der Waals surface area contributed by atoms with Crippen LogP contribution in [0.2, 0.25) is 0 Å². The highest BCUT2D eigenvalue weighted by Gasteiger charge is 2.13. The van der Waals surface area contributed by atoms with Gasteiger partial charge in [-0.2, -0.15) is 0 Å². The lowest BCUT2D eigenvalue weighted by Gasteiger charge is -2.09. The number of rotatable bonds is 3. The zero-order chi connectivity index (χ0) is 15.6. The van der Waals surface area contributed by atoms with E-state index in [4.69, 9.17) is 5.11 Å². The zero-order valence-electron chi connectivity index (χ0n) is 10.4. The molecule has 2 rings (SSSR count). The molecule has 0 fully saturated rings. The van der Waals surface area contributed by atoms with Crippen LogP contribution in [0.3, 0.4) is 0 Å². The number of carboxylic acids is 1. The Balaban J connectivity index is 2.27. The summed E-state index contributed by atoms with van der Waals surface area (Å²) in [6.45, 7) is 0. The van der Waals surface area contributed by atoms with Crippen molar-refractivity contribution in [2.45, 2.75) is 0 Å². The van der Waals surface area contributed by atoms with E-state index in [0.717, 1.165) is 8.04 Å². The Morgan fingerprint density at radius 1 is 1.10 bits per heavy atom. The van der Waals surface area contributed by atoms with Crippen LogP contribution in [-0.4, -0.2) is 17.0 Å². The summed E-state index contributed by atoms with van der Waals surface area (Å²) in [5, 5.41) is 11.7. The van der Waals surface area contributed by atoms with E-state index in [0.29, 0.717) is 15.7 Å². The summed E-state index contributed by atoms with van der Waals surface area (Å²) < 4.78 is 2.15. The van der Waals surface area contributed by atoms with Crippen molar-refractivity contribution in [2.24, 2.45) is 0 Å². The standard InChI is InChI=1S/C14H8Br2INO3/c15-8-2-3-11(17)9(6-8)13(19)18-12-4-1-7(14(20)21)5-10(12)16/h1-6H,(H,18,19)(H,20,21). The summed E-state index contributed by atoms with van der Waals surface area (Å²) in [7, 11) is 0. The van der Waals surface area contributed by atoms with Gasteiger partial charge >= 0.3 is 5.97 Å². The summed E-state index contributed by atoms with van der Waals surface area (Å²) in [5.74, 6) is -1.28. The molecule has 4 nitrogen and oxygen atoms in total. The summed E-state index contributed by atoms with van der Waals surface area (Å²) in [6.07, 6.45) is 0. The van der Waals surface area contributed by atoms with Gasteiger partial charge in [0.25, 0.3) is 5.91 Å². The number of hydrogen-bond donors (Lipinski definition) is 2. The molecule has 0 aliphatic carbocycles. The highest BCUT2D eigenvalue weighted by atomic mass is 127. The second-order valence-electron chi connectivity index (χ2n) is 4.08. The number of carbonyl (C=O) groups is 2. The number of benzene rings is 2. The Bertz CT molecular complexity index is 734. The fourth-order valence-electron chi connectivity index (χ4n) is 1.61. The third-order valence-electron chi connectivity index (χ3n) is 2.64. The molecule has 0 bridgehead atoms. The molecule has 21 heavy (non-hydrogen) atoms. The maximum Gasteiger partial charge on any atom is 0.335 e. The Hall–Kier alpha value is -0.930. The van der Waals surface area contributed by atoms with Crippen molar-refractivity contribution in [3.8, 4) is 0 Å². The number of amides is 1. The predicted molar refractivity (Wildman–Crippen MR) is 95.9 cm³/mol. The van der Waals surface area contributed by atoms with Crippen LogP contribution in [0.5, 0.6) is 0 Å². The van der Waals surface area contributed by atoms with Gasteiger partial charge < -0.3 is 10.4 Å². The molecular formula is C14H8Br2INO3. The maximum absolute atomic E-state index is 12.3. The monoisotopic (exact) mass is 523 g/mol. The van der Waals surface area contributed by atoms with E-state index < -0.39 is 5.97 Å². The van der Waals surface area contributed by atoms with Gasteiger partial charge in [-0.3, -0.25) is 4.79 Å². The SMILES string of the molecule is O=C(O)c1ccc(NC(=O)c2cc(Br)ccc2I)c(Br)c1. The molecule has 0 heterocycles. The van der Waals surface area contributed by atoms with Crippen LogP contribution in [0.15, 0.2) is 45.3 Å². The van der Waals surface area contributed by atoms with Crippen molar-refractivity contribution in [1.82, 2.24) is 0 Å². The van der Waals surface area contributed by atoms with Crippen molar-refractivity contribution in [1.29, 1.82) is 0 Å². The number of nitrogens with one attached hydrogen (secondary N) is 1. The molecule has 2 N–H and O–H groups in total. The first-order valence-corrected chi connectivity index (χ1v) is 8.34. The van der Waals surface area contributed by atoms with Crippen molar-refractivity contribution in [2.75, 3.05) is 5.32 Å². The summed E-state index contributed by atoms with van der Waals surface area (Å²) in [4.78, 5) is 23.2. The highest BCUT2D eigenvalue weighted by molar-refractivity contribution is 14.1. The Morgan fingerprint density at radius 3 is 2.43 bits per heavy atom. The molecule has 0 atom stereocenters. The molecule has 2 aromatic rings. The summed E-state index contributed by atoms with van der Waals surface area (Å²) >= 11 is 8.68. The number of aromatic carboxylic acids is 1. The van der Waals surface area contributed by atoms with Gasteiger partial charge in [-0.1, -0.05) is 15.9 Å². The fourth-order valence-corrected chi connectivity index (χ4v) is 3.03. The minimum Gasteiger partial charge on any atom is -0.478 e. The topological polar surface area (TPSA) is 66.4 Å². The summed E-state index contributed by atoms with van der Waals surface area (Å²) in [6, 6.07) is 9.86. The van der Waals surface area contributed by atoms with Gasteiger partial charge in [-0.05, 0) is 74.9 Å². The van der Waals surface area contributed by atoms with Gasteiger partial charge in [-0.25, -0.2) is 4.79 Å². The van der Waals surface area contributed by atoms with E-state index >= 15 is 0 Å². The van der Waals surface area contributed by atoms with Crippen LogP contribution in [0, 0.1) is 3.57 Å². The van der Waals surface area contributed by atoms with Gasteiger partial charge in [0.15, 0.2) is 0 Å². The number of hydrogen-bond acceptors (Lipinski definition) is 2. The molecule has 0 saturated heterocycles. The fraction of sp³-hybridized carbons (Fsp3) is 0. The molecule has 7 heteroatoms. The normalized spacial score (nSPS) is 10.2. The van der Waals surface area contributed by atoms with E-state index in [1.807, 2.05) is 12.1 Å². The molecule has 108 valence electrons. The van der Waals surface area contributed by atoms with Crippen molar-refractivity contribution >= 4 is 72.0 Å². The van der Waals surface area contributed by atoms with E-state index in [2.05, 4.69) is 59.8 Å². The van der Waals surface area contributed by atoms with Crippen LogP contribution in [-0.2, 0) is 0 Å². The maximum atomic E-state index is 12.3. The first-order chi connectivity index (χ1) is 9.88. The van der Waals surface area contributed by atoms with Gasteiger partial charge in [0.1, 0.15) is 0 Å².